The van der Waals surface area contributed by atoms with Gasteiger partial charge in [0.2, 0.25) is 12.6 Å². The standard InChI is InChI=1S/C24H19NO7/c1-2-29-16-6-3-5-14(11-16)21-20(22(26)18-7-4-10-30-18)23(27)24(28)25(21)15-8-9-17-19(12-15)32-13-31-17/h3-12,21,27H,2,13H2,1H3. The number of rotatable bonds is 6. The van der Waals surface area contributed by atoms with Crippen LogP contribution in [0.25, 0.3) is 0 Å². The highest BCUT2D eigenvalue weighted by atomic mass is 16.7. The van der Waals surface area contributed by atoms with E-state index in [2.05, 4.69) is 0 Å². The Kier molecular flexibility index (Phi) is 4.82. The van der Waals surface area contributed by atoms with Crippen molar-refractivity contribution in [2.75, 3.05) is 18.3 Å². The van der Waals surface area contributed by atoms with Gasteiger partial charge in [0.05, 0.1) is 24.5 Å². The van der Waals surface area contributed by atoms with Gasteiger partial charge in [0.1, 0.15) is 5.75 Å². The van der Waals surface area contributed by atoms with Crippen molar-refractivity contribution >= 4 is 17.4 Å². The molecule has 2 aliphatic rings. The lowest BCUT2D eigenvalue weighted by atomic mass is 9.94. The fraction of sp³-hybridized carbons (Fsp3) is 0.167. The Morgan fingerprint density at radius 1 is 1.12 bits per heavy atom. The smallest absolute Gasteiger partial charge is 0.294 e. The molecular formula is C24H19NO7. The van der Waals surface area contributed by atoms with Crippen LogP contribution in [0, 0.1) is 0 Å². The molecule has 0 radical (unpaired) electrons. The highest BCUT2D eigenvalue weighted by Gasteiger charge is 2.45. The van der Waals surface area contributed by atoms with E-state index in [9.17, 15) is 14.7 Å². The number of anilines is 1. The van der Waals surface area contributed by atoms with Crippen LogP contribution in [-0.2, 0) is 4.79 Å². The first-order chi connectivity index (χ1) is 15.6. The van der Waals surface area contributed by atoms with Gasteiger partial charge in [0.25, 0.3) is 5.91 Å². The summed E-state index contributed by atoms with van der Waals surface area (Å²) in [6.45, 7) is 2.40. The second kappa shape index (κ2) is 7.81. The first kappa shape index (κ1) is 19.7. The number of aliphatic hydroxyl groups is 1. The van der Waals surface area contributed by atoms with Crippen LogP contribution in [0.4, 0.5) is 5.69 Å². The molecule has 8 heteroatoms. The van der Waals surface area contributed by atoms with Crippen LogP contribution in [0.3, 0.4) is 0 Å². The highest BCUT2D eigenvalue weighted by Crippen LogP contribution is 2.45. The lowest BCUT2D eigenvalue weighted by Gasteiger charge is -2.27. The summed E-state index contributed by atoms with van der Waals surface area (Å²) in [6, 6.07) is 14.2. The number of benzene rings is 2. The molecule has 32 heavy (non-hydrogen) atoms. The number of amides is 1. The van der Waals surface area contributed by atoms with E-state index in [1.165, 1.54) is 17.2 Å². The Balaban J connectivity index is 1.65. The van der Waals surface area contributed by atoms with Crippen LogP contribution in [0.2, 0.25) is 0 Å². The molecule has 0 saturated heterocycles. The number of hydrogen-bond donors (Lipinski definition) is 1. The molecule has 0 saturated carbocycles. The molecule has 0 spiro atoms. The number of ether oxygens (including phenoxy) is 3. The molecule has 2 aromatic carbocycles. The Hall–Kier alpha value is -4.20. The minimum absolute atomic E-state index is 0.0258. The molecule has 0 fully saturated rings. The van der Waals surface area contributed by atoms with Crippen molar-refractivity contribution in [3.05, 3.63) is 83.5 Å². The molecule has 162 valence electrons. The van der Waals surface area contributed by atoms with Gasteiger partial charge in [-0.05, 0) is 48.9 Å². The molecule has 5 rings (SSSR count). The molecule has 0 bridgehead atoms. The van der Waals surface area contributed by atoms with Gasteiger partial charge in [-0.3, -0.25) is 14.5 Å². The minimum atomic E-state index is -0.902. The summed E-state index contributed by atoms with van der Waals surface area (Å²) in [7, 11) is 0. The highest BCUT2D eigenvalue weighted by molar-refractivity contribution is 6.20. The third-order valence-corrected chi connectivity index (χ3v) is 5.32. The molecule has 3 heterocycles. The summed E-state index contributed by atoms with van der Waals surface area (Å²) in [5.41, 5.74) is 0.969. The number of carbonyl (C=O) groups is 2. The van der Waals surface area contributed by atoms with E-state index >= 15 is 0 Å². The van der Waals surface area contributed by atoms with E-state index in [0.717, 1.165) is 0 Å². The molecule has 2 aliphatic heterocycles. The van der Waals surface area contributed by atoms with Gasteiger partial charge in [-0.2, -0.15) is 0 Å². The maximum absolute atomic E-state index is 13.3. The van der Waals surface area contributed by atoms with Crippen molar-refractivity contribution in [1.82, 2.24) is 0 Å². The van der Waals surface area contributed by atoms with E-state index in [-0.39, 0.29) is 18.1 Å². The first-order valence-electron chi connectivity index (χ1n) is 10.1. The Morgan fingerprint density at radius 3 is 2.75 bits per heavy atom. The third kappa shape index (κ3) is 3.17. The molecule has 1 N–H and O–H groups in total. The predicted molar refractivity (Wildman–Crippen MR) is 113 cm³/mol. The van der Waals surface area contributed by atoms with Gasteiger partial charge in [0.15, 0.2) is 23.0 Å². The van der Waals surface area contributed by atoms with Crippen molar-refractivity contribution in [1.29, 1.82) is 0 Å². The molecular weight excluding hydrogens is 414 g/mol. The van der Waals surface area contributed by atoms with Crippen LogP contribution >= 0.6 is 0 Å². The van der Waals surface area contributed by atoms with Crippen LogP contribution in [0.1, 0.15) is 29.1 Å². The number of hydrogen-bond acceptors (Lipinski definition) is 7. The van der Waals surface area contributed by atoms with Gasteiger partial charge in [-0.25, -0.2) is 0 Å². The quantitative estimate of drug-likeness (QED) is 0.582. The van der Waals surface area contributed by atoms with Crippen LogP contribution in [-0.4, -0.2) is 30.2 Å². The fourth-order valence-corrected chi connectivity index (χ4v) is 3.94. The van der Waals surface area contributed by atoms with Gasteiger partial charge >= 0.3 is 0 Å². The van der Waals surface area contributed by atoms with Crippen molar-refractivity contribution in [2.24, 2.45) is 0 Å². The maximum Gasteiger partial charge on any atom is 0.294 e. The first-order valence-corrected chi connectivity index (χ1v) is 10.1. The molecule has 1 amide bonds. The molecule has 0 aliphatic carbocycles. The van der Waals surface area contributed by atoms with E-state index in [4.69, 9.17) is 18.6 Å². The van der Waals surface area contributed by atoms with Crippen LogP contribution in [0.5, 0.6) is 17.2 Å². The molecule has 3 aromatic rings. The summed E-state index contributed by atoms with van der Waals surface area (Å²) in [4.78, 5) is 27.8. The third-order valence-electron chi connectivity index (χ3n) is 5.32. The second-order valence-electron chi connectivity index (χ2n) is 7.19. The zero-order chi connectivity index (χ0) is 22.2. The lowest BCUT2D eigenvalue weighted by Crippen LogP contribution is -2.31. The summed E-state index contributed by atoms with van der Waals surface area (Å²) in [5, 5.41) is 10.8. The largest absolute Gasteiger partial charge is 0.503 e. The average molecular weight is 433 g/mol. The van der Waals surface area contributed by atoms with Gasteiger partial charge in [-0.15, -0.1) is 0 Å². The van der Waals surface area contributed by atoms with E-state index < -0.39 is 23.5 Å². The van der Waals surface area contributed by atoms with Crippen LogP contribution in [0.15, 0.2) is 76.6 Å². The van der Waals surface area contributed by atoms with Gasteiger partial charge in [0, 0.05) is 11.8 Å². The maximum atomic E-state index is 13.3. The van der Waals surface area contributed by atoms with Crippen molar-refractivity contribution in [3.63, 3.8) is 0 Å². The van der Waals surface area contributed by atoms with Gasteiger partial charge < -0.3 is 23.7 Å². The summed E-state index contributed by atoms with van der Waals surface area (Å²) in [5.74, 6) is -0.267. The second-order valence-corrected chi connectivity index (χ2v) is 7.19. The Labute approximate surface area is 183 Å². The Morgan fingerprint density at radius 2 is 1.97 bits per heavy atom. The number of ketones is 1. The summed E-state index contributed by atoms with van der Waals surface area (Å²) in [6.07, 6.45) is 1.36. The summed E-state index contributed by atoms with van der Waals surface area (Å²) < 4.78 is 21.7. The van der Waals surface area contributed by atoms with Crippen molar-refractivity contribution in [3.8, 4) is 17.2 Å². The van der Waals surface area contributed by atoms with Gasteiger partial charge in [-0.1, -0.05) is 12.1 Å². The zero-order valence-corrected chi connectivity index (χ0v) is 17.1. The molecule has 1 atom stereocenters. The van der Waals surface area contributed by atoms with E-state index in [0.29, 0.717) is 35.1 Å². The number of carbonyl (C=O) groups excluding carboxylic acids is 2. The fourth-order valence-electron chi connectivity index (χ4n) is 3.94. The number of fused-ring (bicyclic) bond motifs is 1. The topological polar surface area (TPSA) is 98.4 Å². The van der Waals surface area contributed by atoms with E-state index in [1.54, 1.807) is 48.5 Å². The molecule has 1 aromatic heterocycles. The van der Waals surface area contributed by atoms with E-state index in [1.807, 2.05) is 6.92 Å². The monoisotopic (exact) mass is 433 g/mol. The van der Waals surface area contributed by atoms with Crippen LogP contribution < -0.4 is 19.1 Å². The minimum Gasteiger partial charge on any atom is -0.503 e. The number of nitrogens with zero attached hydrogens (tertiary/aromatic N) is 1. The predicted octanol–water partition coefficient (Wildman–Crippen LogP) is 4.19. The SMILES string of the molecule is CCOc1cccc(C2C(C(=O)c3ccco3)=C(O)C(=O)N2c2ccc3c(c2)OCO3)c1. The Bertz CT molecular complexity index is 1230. The number of Topliss-reactive ketones (excluding diaryl/α,β-unsaturated/α-hetero) is 1. The number of aliphatic hydroxyl groups excluding tert-OH is 1. The van der Waals surface area contributed by atoms with Crippen molar-refractivity contribution < 1.29 is 33.3 Å². The molecule has 1 unspecified atom stereocenters. The number of furan rings is 1. The molecule has 8 nitrogen and oxygen atoms in total. The van der Waals surface area contributed by atoms with Crippen molar-refractivity contribution in [2.45, 2.75) is 13.0 Å². The lowest BCUT2D eigenvalue weighted by molar-refractivity contribution is -0.117. The summed E-state index contributed by atoms with van der Waals surface area (Å²) >= 11 is 0. The normalized spacial score (nSPS) is 17.2. The average Bonchev–Trinajstić information content (AvgIpc) is 3.54. The zero-order valence-electron chi connectivity index (χ0n) is 17.1.